The molecule has 0 N–H and O–H groups in total. The zero-order chi connectivity index (χ0) is 12.4. The summed E-state index contributed by atoms with van der Waals surface area (Å²) >= 11 is 5.92. The van der Waals surface area contributed by atoms with Gasteiger partial charge in [0.1, 0.15) is 11.6 Å². The predicted octanol–water partition coefficient (Wildman–Crippen LogP) is 4.03. The average Bonchev–Trinajstić information content (AvgIpc) is 2.70. The maximum Gasteiger partial charge on any atom is 0.140 e. The first kappa shape index (κ1) is 12.6. The van der Waals surface area contributed by atoms with Crippen LogP contribution in [-0.4, -0.2) is 5.78 Å². The van der Waals surface area contributed by atoms with Gasteiger partial charge in [-0.3, -0.25) is 4.79 Å². The summed E-state index contributed by atoms with van der Waals surface area (Å²) in [6, 6.07) is 4.54. The van der Waals surface area contributed by atoms with Crippen molar-refractivity contribution >= 4 is 17.4 Å². The molecular weight excluding hydrogens is 239 g/mol. The van der Waals surface area contributed by atoms with Gasteiger partial charge in [0.05, 0.1) is 0 Å². The third-order valence-electron chi connectivity index (χ3n) is 3.69. The Hall–Kier alpha value is -0.890. The predicted molar refractivity (Wildman–Crippen MR) is 66.6 cm³/mol. The normalized spacial score (nSPS) is 23.9. The highest BCUT2D eigenvalue weighted by atomic mass is 35.5. The minimum absolute atomic E-state index is 0.0886. The summed E-state index contributed by atoms with van der Waals surface area (Å²) in [6.45, 7) is 2.10. The molecule has 2 rings (SSSR count). The van der Waals surface area contributed by atoms with E-state index in [4.69, 9.17) is 11.6 Å². The highest BCUT2D eigenvalue weighted by Crippen LogP contribution is 2.33. The second kappa shape index (κ2) is 5.18. The number of carbonyl (C=O) groups excluding carboxylic acids is 1. The van der Waals surface area contributed by atoms with Crippen LogP contribution >= 0.6 is 11.6 Å². The van der Waals surface area contributed by atoms with Crippen molar-refractivity contribution in [1.29, 1.82) is 0 Å². The van der Waals surface area contributed by atoms with Gasteiger partial charge in [-0.25, -0.2) is 4.39 Å². The molecule has 17 heavy (non-hydrogen) atoms. The summed E-state index contributed by atoms with van der Waals surface area (Å²) < 4.78 is 13.6. The summed E-state index contributed by atoms with van der Waals surface area (Å²) in [4.78, 5) is 12.1. The van der Waals surface area contributed by atoms with Gasteiger partial charge in [0.15, 0.2) is 0 Å². The quantitative estimate of drug-likeness (QED) is 0.796. The Morgan fingerprint density at radius 2 is 2.24 bits per heavy atom. The van der Waals surface area contributed by atoms with Gasteiger partial charge in [-0.2, -0.15) is 0 Å². The van der Waals surface area contributed by atoms with Crippen molar-refractivity contribution in [2.24, 2.45) is 11.8 Å². The van der Waals surface area contributed by atoms with Gasteiger partial charge < -0.3 is 0 Å². The van der Waals surface area contributed by atoms with E-state index in [0.29, 0.717) is 16.5 Å². The molecular formula is C14H16ClFO. The Bertz CT molecular complexity index is 410. The number of rotatable bonds is 3. The molecule has 1 aliphatic carbocycles. The van der Waals surface area contributed by atoms with E-state index in [0.717, 1.165) is 19.3 Å². The van der Waals surface area contributed by atoms with Crippen molar-refractivity contribution in [1.82, 2.24) is 0 Å². The molecule has 1 nitrogen and oxygen atoms in total. The summed E-state index contributed by atoms with van der Waals surface area (Å²) in [5.74, 6) is 0.261. The molecule has 0 saturated heterocycles. The van der Waals surface area contributed by atoms with E-state index in [2.05, 4.69) is 6.92 Å². The largest absolute Gasteiger partial charge is 0.299 e. The van der Waals surface area contributed by atoms with Crippen LogP contribution in [0.15, 0.2) is 18.2 Å². The fraction of sp³-hybridized carbons (Fsp3) is 0.500. The lowest BCUT2D eigenvalue weighted by Crippen LogP contribution is -2.19. The molecule has 3 heteroatoms. The van der Waals surface area contributed by atoms with E-state index in [-0.39, 0.29) is 23.9 Å². The number of hydrogen-bond acceptors (Lipinski definition) is 1. The van der Waals surface area contributed by atoms with Gasteiger partial charge in [-0.05, 0) is 30.9 Å². The van der Waals surface area contributed by atoms with Crippen LogP contribution in [0.4, 0.5) is 4.39 Å². The Labute approximate surface area is 106 Å². The number of carbonyl (C=O) groups is 1. The lowest BCUT2D eigenvalue weighted by Gasteiger charge is -2.14. The van der Waals surface area contributed by atoms with E-state index < -0.39 is 0 Å². The first-order valence-electron chi connectivity index (χ1n) is 6.05. The zero-order valence-electron chi connectivity index (χ0n) is 9.88. The van der Waals surface area contributed by atoms with Crippen LogP contribution in [0.5, 0.6) is 0 Å². The third kappa shape index (κ3) is 2.68. The molecule has 0 spiro atoms. The summed E-state index contributed by atoms with van der Waals surface area (Å²) in [5, 5.41) is 0.351. The number of benzene rings is 1. The van der Waals surface area contributed by atoms with E-state index in [1.165, 1.54) is 6.07 Å². The third-order valence-corrected chi connectivity index (χ3v) is 4.04. The topological polar surface area (TPSA) is 17.1 Å². The van der Waals surface area contributed by atoms with Crippen LogP contribution in [0, 0.1) is 17.7 Å². The summed E-state index contributed by atoms with van der Waals surface area (Å²) in [6.07, 6.45) is 3.26. The van der Waals surface area contributed by atoms with Gasteiger partial charge in [-0.15, -0.1) is 0 Å². The van der Waals surface area contributed by atoms with E-state index in [1.807, 2.05) is 0 Å². The Morgan fingerprint density at radius 3 is 2.82 bits per heavy atom. The number of ketones is 1. The molecule has 0 aliphatic heterocycles. The zero-order valence-corrected chi connectivity index (χ0v) is 10.6. The Balaban J connectivity index is 2.13. The standard InChI is InChI=1S/C14H16ClFO/c1-9-4-2-5-10(9)14(17)8-11-12(15)6-3-7-13(11)16/h3,6-7,9-10H,2,4-5,8H2,1H3. The molecule has 0 heterocycles. The molecule has 2 atom stereocenters. The molecule has 0 radical (unpaired) electrons. The minimum Gasteiger partial charge on any atom is -0.299 e. The van der Waals surface area contributed by atoms with Crippen LogP contribution < -0.4 is 0 Å². The lowest BCUT2D eigenvalue weighted by molar-refractivity contribution is -0.123. The average molecular weight is 255 g/mol. The van der Waals surface area contributed by atoms with Crippen molar-refractivity contribution < 1.29 is 9.18 Å². The molecule has 1 aliphatic rings. The molecule has 92 valence electrons. The second-order valence-corrected chi connectivity index (χ2v) is 5.27. The van der Waals surface area contributed by atoms with E-state index >= 15 is 0 Å². The molecule has 2 unspecified atom stereocenters. The monoisotopic (exact) mass is 254 g/mol. The number of Topliss-reactive ketones (excluding diaryl/α,β-unsaturated/α-hetero) is 1. The smallest absolute Gasteiger partial charge is 0.140 e. The maximum atomic E-state index is 13.6. The van der Waals surface area contributed by atoms with Crippen molar-refractivity contribution in [2.45, 2.75) is 32.6 Å². The molecule has 1 saturated carbocycles. The van der Waals surface area contributed by atoms with Gasteiger partial charge in [0.2, 0.25) is 0 Å². The maximum absolute atomic E-state index is 13.6. The van der Waals surface area contributed by atoms with Gasteiger partial charge in [-0.1, -0.05) is 31.0 Å². The summed E-state index contributed by atoms with van der Waals surface area (Å²) in [7, 11) is 0. The molecule has 0 amide bonds. The lowest BCUT2D eigenvalue weighted by atomic mass is 9.90. The van der Waals surface area contributed by atoms with Crippen molar-refractivity contribution in [2.75, 3.05) is 0 Å². The molecule has 1 aromatic rings. The van der Waals surface area contributed by atoms with Crippen LogP contribution in [0.1, 0.15) is 31.7 Å². The van der Waals surface area contributed by atoms with E-state index in [1.54, 1.807) is 12.1 Å². The number of hydrogen-bond donors (Lipinski definition) is 0. The van der Waals surface area contributed by atoms with Crippen molar-refractivity contribution in [3.63, 3.8) is 0 Å². The number of halogens is 2. The fourth-order valence-electron chi connectivity index (χ4n) is 2.63. The first-order chi connectivity index (χ1) is 8.09. The highest BCUT2D eigenvalue weighted by Gasteiger charge is 2.30. The molecule has 1 fully saturated rings. The highest BCUT2D eigenvalue weighted by molar-refractivity contribution is 6.31. The molecule has 0 bridgehead atoms. The molecule has 1 aromatic carbocycles. The van der Waals surface area contributed by atoms with Gasteiger partial charge in [0.25, 0.3) is 0 Å². The van der Waals surface area contributed by atoms with Crippen LogP contribution in [0.25, 0.3) is 0 Å². The van der Waals surface area contributed by atoms with Crippen LogP contribution in [0.2, 0.25) is 5.02 Å². The minimum atomic E-state index is -0.378. The SMILES string of the molecule is CC1CCCC1C(=O)Cc1c(F)cccc1Cl. The summed E-state index contributed by atoms with van der Waals surface area (Å²) in [5.41, 5.74) is 0.346. The fourth-order valence-corrected chi connectivity index (χ4v) is 2.86. The molecule has 0 aromatic heterocycles. The van der Waals surface area contributed by atoms with Crippen LogP contribution in [0.3, 0.4) is 0 Å². The van der Waals surface area contributed by atoms with Crippen LogP contribution in [-0.2, 0) is 11.2 Å². The van der Waals surface area contributed by atoms with E-state index in [9.17, 15) is 9.18 Å². The van der Waals surface area contributed by atoms with Crippen molar-refractivity contribution in [3.05, 3.63) is 34.6 Å². The first-order valence-corrected chi connectivity index (χ1v) is 6.43. The Morgan fingerprint density at radius 1 is 1.47 bits per heavy atom. The van der Waals surface area contributed by atoms with Gasteiger partial charge >= 0.3 is 0 Å². The Kier molecular flexibility index (Phi) is 3.82. The van der Waals surface area contributed by atoms with Crippen molar-refractivity contribution in [3.8, 4) is 0 Å². The second-order valence-electron chi connectivity index (χ2n) is 4.86. The van der Waals surface area contributed by atoms with Gasteiger partial charge in [0, 0.05) is 22.9 Å².